The molecule has 0 aliphatic rings. The molecule has 1 aromatic carbocycles. The molecule has 1 aromatic heterocycles. The molecule has 4 N–H and O–H groups in total. The molecule has 0 bridgehead atoms. The normalized spacial score (nSPS) is 10.2. The van der Waals surface area contributed by atoms with Gasteiger partial charge in [-0.25, -0.2) is 4.39 Å². The number of aryl methyl sites for hydroxylation is 1. The van der Waals surface area contributed by atoms with Crippen molar-refractivity contribution in [2.24, 2.45) is 0 Å². The number of nitrogens with zero attached hydrogens (tertiary/aromatic N) is 1. The SMILES string of the molecule is Cc1ccc(F)cc1C(=O)Nc1[nH]ncc1N. The van der Waals surface area contributed by atoms with Gasteiger partial charge in [-0.2, -0.15) is 5.10 Å². The molecule has 1 heterocycles. The molecule has 0 saturated carbocycles. The van der Waals surface area contributed by atoms with Crippen LogP contribution in [0, 0.1) is 12.7 Å². The molecule has 0 unspecified atom stereocenters. The molecular formula is C11H11FN4O. The number of benzene rings is 1. The number of nitrogens with one attached hydrogen (secondary N) is 2. The van der Waals surface area contributed by atoms with E-state index in [1.807, 2.05) is 0 Å². The Morgan fingerprint density at radius 3 is 2.94 bits per heavy atom. The standard InChI is InChI=1S/C11H11FN4O/c1-6-2-3-7(12)4-8(6)11(17)15-10-9(13)5-14-16-10/h2-5H,13H2,1H3,(H2,14,15,16,17). The highest BCUT2D eigenvalue weighted by Gasteiger charge is 2.12. The predicted molar refractivity (Wildman–Crippen MR) is 62.1 cm³/mol. The van der Waals surface area contributed by atoms with E-state index in [1.54, 1.807) is 13.0 Å². The third kappa shape index (κ3) is 2.25. The largest absolute Gasteiger partial charge is 0.394 e. The number of halogens is 1. The van der Waals surface area contributed by atoms with Crippen LogP contribution in [0.5, 0.6) is 0 Å². The van der Waals surface area contributed by atoms with Crippen LogP contribution in [0.4, 0.5) is 15.9 Å². The lowest BCUT2D eigenvalue weighted by Gasteiger charge is -2.06. The van der Waals surface area contributed by atoms with Gasteiger partial charge >= 0.3 is 0 Å². The lowest BCUT2D eigenvalue weighted by Crippen LogP contribution is -2.14. The summed E-state index contributed by atoms with van der Waals surface area (Å²) in [4.78, 5) is 11.9. The Bertz CT molecular complexity index is 564. The molecule has 0 atom stereocenters. The average molecular weight is 234 g/mol. The van der Waals surface area contributed by atoms with Gasteiger partial charge in [0.15, 0.2) is 5.82 Å². The highest BCUT2D eigenvalue weighted by atomic mass is 19.1. The molecule has 6 heteroatoms. The summed E-state index contributed by atoms with van der Waals surface area (Å²) in [6.45, 7) is 1.73. The van der Waals surface area contributed by atoms with Gasteiger partial charge in [0.2, 0.25) is 0 Å². The number of hydrogen-bond donors (Lipinski definition) is 3. The molecule has 1 amide bonds. The van der Waals surface area contributed by atoms with Crippen molar-refractivity contribution in [3.8, 4) is 0 Å². The average Bonchev–Trinajstić information content (AvgIpc) is 2.68. The lowest BCUT2D eigenvalue weighted by molar-refractivity contribution is 0.102. The topological polar surface area (TPSA) is 83.8 Å². The molecule has 0 aliphatic heterocycles. The molecule has 0 saturated heterocycles. The van der Waals surface area contributed by atoms with Gasteiger partial charge in [0.1, 0.15) is 5.82 Å². The smallest absolute Gasteiger partial charge is 0.257 e. The zero-order valence-electron chi connectivity index (χ0n) is 9.12. The Labute approximate surface area is 96.8 Å². The zero-order chi connectivity index (χ0) is 12.4. The maximum atomic E-state index is 13.0. The Kier molecular flexibility index (Phi) is 2.78. The van der Waals surface area contributed by atoms with Crippen molar-refractivity contribution in [2.75, 3.05) is 11.1 Å². The molecule has 88 valence electrons. The number of aromatic nitrogens is 2. The van der Waals surface area contributed by atoms with E-state index in [2.05, 4.69) is 15.5 Å². The van der Waals surface area contributed by atoms with Crippen molar-refractivity contribution < 1.29 is 9.18 Å². The maximum absolute atomic E-state index is 13.0. The molecule has 0 spiro atoms. The molecular weight excluding hydrogens is 223 g/mol. The van der Waals surface area contributed by atoms with Gasteiger partial charge in [0.25, 0.3) is 5.91 Å². The van der Waals surface area contributed by atoms with Crippen LogP contribution < -0.4 is 11.1 Å². The van der Waals surface area contributed by atoms with Crippen LogP contribution in [-0.2, 0) is 0 Å². The quantitative estimate of drug-likeness (QED) is 0.739. The number of aromatic amines is 1. The van der Waals surface area contributed by atoms with Crippen molar-refractivity contribution in [2.45, 2.75) is 6.92 Å². The number of H-pyrrole nitrogens is 1. The second-order valence-corrected chi connectivity index (χ2v) is 3.61. The second-order valence-electron chi connectivity index (χ2n) is 3.61. The number of hydrogen-bond acceptors (Lipinski definition) is 3. The molecule has 0 aliphatic carbocycles. The van der Waals surface area contributed by atoms with Crippen LogP contribution in [0.3, 0.4) is 0 Å². The number of nitrogen functional groups attached to an aromatic ring is 1. The first-order valence-corrected chi connectivity index (χ1v) is 4.94. The summed E-state index contributed by atoms with van der Waals surface area (Å²) in [5, 5.41) is 8.73. The second kappa shape index (κ2) is 4.25. The van der Waals surface area contributed by atoms with Gasteiger partial charge in [0, 0.05) is 5.56 Å². The number of anilines is 2. The van der Waals surface area contributed by atoms with Crippen LogP contribution in [0.1, 0.15) is 15.9 Å². The van der Waals surface area contributed by atoms with Crippen molar-refractivity contribution in [3.63, 3.8) is 0 Å². The van der Waals surface area contributed by atoms with Crippen LogP contribution in [-0.4, -0.2) is 16.1 Å². The van der Waals surface area contributed by atoms with Gasteiger partial charge in [-0.15, -0.1) is 0 Å². The van der Waals surface area contributed by atoms with Gasteiger partial charge in [-0.3, -0.25) is 9.89 Å². The van der Waals surface area contributed by atoms with E-state index in [9.17, 15) is 9.18 Å². The fourth-order valence-electron chi connectivity index (χ4n) is 1.42. The van der Waals surface area contributed by atoms with Crippen LogP contribution >= 0.6 is 0 Å². The van der Waals surface area contributed by atoms with Crippen LogP contribution in [0.2, 0.25) is 0 Å². The molecule has 2 rings (SSSR count). The predicted octanol–water partition coefficient (Wildman–Crippen LogP) is 1.69. The number of carbonyl (C=O) groups excluding carboxylic acids is 1. The summed E-state index contributed by atoms with van der Waals surface area (Å²) in [7, 11) is 0. The molecule has 0 radical (unpaired) electrons. The van der Waals surface area contributed by atoms with Crippen LogP contribution in [0.15, 0.2) is 24.4 Å². The first kappa shape index (κ1) is 11.1. The fraction of sp³-hybridized carbons (Fsp3) is 0.0909. The third-order valence-corrected chi connectivity index (χ3v) is 2.35. The first-order valence-electron chi connectivity index (χ1n) is 4.94. The third-order valence-electron chi connectivity index (χ3n) is 2.35. The maximum Gasteiger partial charge on any atom is 0.257 e. The lowest BCUT2D eigenvalue weighted by atomic mass is 10.1. The van der Waals surface area contributed by atoms with Crippen molar-refractivity contribution in [1.82, 2.24) is 10.2 Å². The summed E-state index contributed by atoms with van der Waals surface area (Å²) in [6.07, 6.45) is 1.38. The van der Waals surface area contributed by atoms with Gasteiger partial charge in [-0.1, -0.05) is 6.07 Å². The Hall–Kier alpha value is -2.37. The monoisotopic (exact) mass is 234 g/mol. The van der Waals surface area contributed by atoms with Gasteiger partial charge < -0.3 is 11.1 Å². The van der Waals surface area contributed by atoms with Gasteiger partial charge in [0.05, 0.1) is 11.9 Å². The van der Waals surface area contributed by atoms with E-state index >= 15 is 0 Å². The van der Waals surface area contributed by atoms with Crippen molar-refractivity contribution >= 4 is 17.4 Å². The molecule has 5 nitrogen and oxygen atoms in total. The highest BCUT2D eigenvalue weighted by Crippen LogP contribution is 2.16. The summed E-state index contributed by atoms with van der Waals surface area (Å²) in [5.74, 6) is -0.588. The number of rotatable bonds is 2. The highest BCUT2D eigenvalue weighted by molar-refractivity contribution is 6.05. The minimum absolute atomic E-state index is 0.263. The van der Waals surface area contributed by atoms with Crippen molar-refractivity contribution in [1.29, 1.82) is 0 Å². The zero-order valence-corrected chi connectivity index (χ0v) is 9.12. The Morgan fingerprint density at radius 2 is 2.29 bits per heavy atom. The van der Waals surface area contributed by atoms with E-state index < -0.39 is 11.7 Å². The first-order chi connectivity index (χ1) is 8.08. The minimum Gasteiger partial charge on any atom is -0.394 e. The summed E-state index contributed by atoms with van der Waals surface area (Å²) >= 11 is 0. The fourth-order valence-corrected chi connectivity index (χ4v) is 1.42. The molecule has 0 fully saturated rings. The molecule has 2 aromatic rings. The van der Waals surface area contributed by atoms with Crippen LogP contribution in [0.25, 0.3) is 0 Å². The van der Waals surface area contributed by atoms with E-state index in [1.165, 1.54) is 18.3 Å². The van der Waals surface area contributed by atoms with E-state index in [0.717, 1.165) is 0 Å². The van der Waals surface area contributed by atoms with E-state index in [0.29, 0.717) is 17.1 Å². The summed E-state index contributed by atoms with van der Waals surface area (Å²) < 4.78 is 13.0. The minimum atomic E-state index is -0.460. The molecule has 17 heavy (non-hydrogen) atoms. The summed E-state index contributed by atoms with van der Waals surface area (Å²) in [6, 6.07) is 4.02. The summed E-state index contributed by atoms with van der Waals surface area (Å²) in [5.41, 5.74) is 6.82. The Morgan fingerprint density at radius 1 is 1.53 bits per heavy atom. The number of nitrogens with two attached hydrogens (primary N) is 1. The van der Waals surface area contributed by atoms with E-state index in [4.69, 9.17) is 5.73 Å². The van der Waals surface area contributed by atoms with E-state index in [-0.39, 0.29) is 5.56 Å². The van der Waals surface area contributed by atoms with Gasteiger partial charge in [-0.05, 0) is 24.6 Å². The van der Waals surface area contributed by atoms with Crippen molar-refractivity contribution in [3.05, 3.63) is 41.3 Å². The Balaban J connectivity index is 2.26. The number of carbonyl (C=O) groups is 1. The number of amides is 1.